The van der Waals surface area contributed by atoms with E-state index in [1.807, 2.05) is 0 Å². The molecular formula is C12H10FN3O2. The number of halogens is 1. The van der Waals surface area contributed by atoms with Crippen molar-refractivity contribution in [3.63, 3.8) is 0 Å². The van der Waals surface area contributed by atoms with Gasteiger partial charge in [-0.2, -0.15) is 0 Å². The van der Waals surface area contributed by atoms with Crippen molar-refractivity contribution in [2.24, 2.45) is 0 Å². The predicted molar refractivity (Wildman–Crippen MR) is 59.9 cm³/mol. The first-order valence-electron chi connectivity index (χ1n) is 5.55. The number of aldehydes is 1. The van der Waals surface area contributed by atoms with E-state index < -0.39 is 0 Å². The lowest BCUT2D eigenvalue weighted by Gasteiger charge is -2.09. The molecule has 1 aliphatic rings. The van der Waals surface area contributed by atoms with Gasteiger partial charge in [0, 0.05) is 12.0 Å². The minimum Gasteiger partial charge on any atom is -0.488 e. The van der Waals surface area contributed by atoms with Crippen molar-refractivity contribution < 1.29 is 13.9 Å². The Hall–Kier alpha value is -2.24. The first-order chi connectivity index (χ1) is 8.74. The number of carbonyl (C=O) groups is 1. The molecule has 0 saturated carbocycles. The second-order valence-electron chi connectivity index (χ2n) is 4.18. The highest BCUT2D eigenvalue weighted by Gasteiger charge is 2.24. The zero-order valence-corrected chi connectivity index (χ0v) is 9.41. The van der Waals surface area contributed by atoms with Crippen molar-refractivity contribution in [1.82, 2.24) is 15.0 Å². The normalized spacial score (nSPS) is 17.3. The van der Waals surface area contributed by atoms with E-state index in [2.05, 4.69) is 10.3 Å². The Labute approximate surface area is 102 Å². The number of rotatable bonds is 3. The van der Waals surface area contributed by atoms with Crippen LogP contribution < -0.4 is 4.74 Å². The van der Waals surface area contributed by atoms with E-state index in [1.165, 1.54) is 12.1 Å². The van der Waals surface area contributed by atoms with Crippen molar-refractivity contribution in [2.75, 3.05) is 0 Å². The van der Waals surface area contributed by atoms with Gasteiger partial charge >= 0.3 is 0 Å². The summed E-state index contributed by atoms with van der Waals surface area (Å²) in [7, 11) is 0. The Bertz CT molecular complexity index is 597. The first-order valence-corrected chi connectivity index (χ1v) is 5.55. The van der Waals surface area contributed by atoms with Crippen LogP contribution in [0.2, 0.25) is 0 Å². The monoisotopic (exact) mass is 247 g/mol. The Morgan fingerprint density at radius 2 is 2.44 bits per heavy atom. The molecule has 6 heteroatoms. The third kappa shape index (κ3) is 1.97. The van der Waals surface area contributed by atoms with E-state index in [9.17, 15) is 9.18 Å². The Morgan fingerprint density at radius 3 is 3.22 bits per heavy atom. The van der Waals surface area contributed by atoms with Crippen LogP contribution in [0, 0.1) is 5.82 Å². The maximum absolute atomic E-state index is 13.0. The number of hydrogen-bond acceptors (Lipinski definition) is 4. The fraction of sp³-hybridized carbons (Fsp3) is 0.250. The minimum atomic E-state index is -0.262. The molecule has 0 bridgehead atoms. The highest BCUT2D eigenvalue weighted by Crippen LogP contribution is 2.29. The molecule has 0 radical (unpaired) electrons. The van der Waals surface area contributed by atoms with Gasteiger partial charge in [-0.3, -0.25) is 4.79 Å². The average molecular weight is 247 g/mol. The fourth-order valence-electron chi connectivity index (χ4n) is 2.06. The second kappa shape index (κ2) is 4.21. The second-order valence-corrected chi connectivity index (χ2v) is 4.18. The van der Waals surface area contributed by atoms with E-state index in [1.54, 1.807) is 16.9 Å². The fourth-order valence-corrected chi connectivity index (χ4v) is 2.06. The lowest BCUT2D eigenvalue weighted by Crippen LogP contribution is -2.21. The molecule has 92 valence electrons. The van der Waals surface area contributed by atoms with Crippen LogP contribution in [0.4, 0.5) is 4.39 Å². The number of ether oxygens (including phenoxy) is 1. The van der Waals surface area contributed by atoms with Crippen molar-refractivity contribution in [1.29, 1.82) is 0 Å². The summed E-state index contributed by atoms with van der Waals surface area (Å²) in [5, 5.41) is 7.48. The molecule has 2 heterocycles. The molecule has 0 spiro atoms. The molecule has 1 aromatic heterocycles. The molecule has 2 aromatic rings. The van der Waals surface area contributed by atoms with Crippen LogP contribution in [0.15, 0.2) is 24.4 Å². The summed E-state index contributed by atoms with van der Waals surface area (Å²) < 4.78 is 20.3. The van der Waals surface area contributed by atoms with Crippen LogP contribution in [0.1, 0.15) is 16.1 Å². The van der Waals surface area contributed by atoms with Gasteiger partial charge < -0.3 is 4.74 Å². The van der Waals surface area contributed by atoms with Crippen LogP contribution >= 0.6 is 0 Å². The SMILES string of the molecule is O=Cc1cn(CC2Cc3cc(F)ccc3O2)nn1. The van der Waals surface area contributed by atoms with E-state index in [4.69, 9.17) is 4.74 Å². The van der Waals surface area contributed by atoms with Crippen LogP contribution in [0.25, 0.3) is 0 Å². The van der Waals surface area contributed by atoms with Crippen LogP contribution in [0.5, 0.6) is 5.75 Å². The Morgan fingerprint density at radius 1 is 1.56 bits per heavy atom. The summed E-state index contributed by atoms with van der Waals surface area (Å²) in [5.41, 5.74) is 1.15. The van der Waals surface area contributed by atoms with Crippen molar-refractivity contribution in [3.8, 4) is 5.75 Å². The van der Waals surface area contributed by atoms with Crippen molar-refractivity contribution >= 4 is 6.29 Å². The maximum Gasteiger partial charge on any atom is 0.171 e. The number of benzene rings is 1. The molecule has 0 N–H and O–H groups in total. The zero-order valence-electron chi connectivity index (χ0n) is 9.41. The highest BCUT2D eigenvalue weighted by molar-refractivity contribution is 5.70. The quantitative estimate of drug-likeness (QED) is 0.765. The summed E-state index contributed by atoms with van der Waals surface area (Å²) in [6.45, 7) is 0.483. The highest BCUT2D eigenvalue weighted by atomic mass is 19.1. The molecule has 1 aliphatic heterocycles. The summed E-state index contributed by atoms with van der Waals surface area (Å²) >= 11 is 0. The molecule has 1 atom stereocenters. The predicted octanol–water partition coefficient (Wildman–Crippen LogP) is 1.23. The van der Waals surface area contributed by atoms with Crippen molar-refractivity contribution in [2.45, 2.75) is 19.1 Å². The average Bonchev–Trinajstić information content (AvgIpc) is 2.95. The molecule has 3 rings (SSSR count). The number of fused-ring (bicyclic) bond motifs is 1. The number of carbonyl (C=O) groups excluding carboxylic acids is 1. The minimum absolute atomic E-state index is 0.108. The molecule has 0 saturated heterocycles. The van der Waals surface area contributed by atoms with Crippen molar-refractivity contribution in [3.05, 3.63) is 41.5 Å². The van der Waals surface area contributed by atoms with Gasteiger partial charge in [-0.1, -0.05) is 5.21 Å². The Kier molecular flexibility index (Phi) is 2.55. The lowest BCUT2D eigenvalue weighted by molar-refractivity contribution is 0.111. The van der Waals surface area contributed by atoms with E-state index in [-0.39, 0.29) is 17.6 Å². The topological polar surface area (TPSA) is 57.0 Å². The van der Waals surface area contributed by atoms with Gasteiger partial charge in [0.1, 0.15) is 23.4 Å². The largest absolute Gasteiger partial charge is 0.488 e. The van der Waals surface area contributed by atoms with Gasteiger partial charge in [0.05, 0.1) is 12.7 Å². The van der Waals surface area contributed by atoms with Gasteiger partial charge in [0.15, 0.2) is 6.29 Å². The molecule has 5 nitrogen and oxygen atoms in total. The van der Waals surface area contributed by atoms with Gasteiger partial charge in [-0.05, 0) is 18.2 Å². The van der Waals surface area contributed by atoms with Crippen LogP contribution in [-0.2, 0) is 13.0 Å². The summed E-state index contributed by atoms with van der Waals surface area (Å²) in [6, 6.07) is 4.48. The van der Waals surface area contributed by atoms with Gasteiger partial charge in [0.2, 0.25) is 0 Å². The maximum atomic E-state index is 13.0. The van der Waals surface area contributed by atoms with Crippen LogP contribution in [0.3, 0.4) is 0 Å². The van der Waals surface area contributed by atoms with E-state index >= 15 is 0 Å². The van der Waals surface area contributed by atoms with Gasteiger partial charge in [-0.25, -0.2) is 9.07 Å². The third-order valence-electron chi connectivity index (χ3n) is 2.83. The van der Waals surface area contributed by atoms with E-state index in [0.717, 1.165) is 5.56 Å². The molecule has 18 heavy (non-hydrogen) atoms. The first kappa shape index (κ1) is 10.9. The number of aromatic nitrogens is 3. The number of hydrogen-bond donors (Lipinski definition) is 0. The smallest absolute Gasteiger partial charge is 0.171 e. The molecule has 0 amide bonds. The lowest BCUT2D eigenvalue weighted by atomic mass is 10.1. The summed E-state index contributed by atoms with van der Waals surface area (Å²) in [6.07, 6.45) is 2.72. The molecule has 1 aromatic carbocycles. The molecule has 1 unspecified atom stereocenters. The molecule has 0 fully saturated rings. The number of nitrogens with zero attached hydrogens (tertiary/aromatic N) is 3. The van der Waals surface area contributed by atoms with Gasteiger partial charge in [0.25, 0.3) is 0 Å². The zero-order chi connectivity index (χ0) is 12.5. The summed E-state index contributed by atoms with van der Waals surface area (Å²) in [4.78, 5) is 10.5. The Balaban J connectivity index is 1.72. The van der Waals surface area contributed by atoms with Gasteiger partial charge in [-0.15, -0.1) is 5.10 Å². The van der Waals surface area contributed by atoms with E-state index in [0.29, 0.717) is 25.0 Å². The van der Waals surface area contributed by atoms with Crippen LogP contribution in [-0.4, -0.2) is 27.4 Å². The molecule has 0 aliphatic carbocycles. The molecular weight excluding hydrogens is 237 g/mol. The third-order valence-corrected chi connectivity index (χ3v) is 2.83. The standard InChI is InChI=1S/C12H10FN3O2/c13-9-1-2-12-8(3-9)4-11(18-12)6-16-5-10(7-17)14-15-16/h1-3,5,7,11H,4,6H2. The summed E-state index contributed by atoms with van der Waals surface area (Å²) in [5.74, 6) is 0.444.